The van der Waals surface area contributed by atoms with Crippen LogP contribution in [0.2, 0.25) is 10.0 Å². The Morgan fingerprint density at radius 3 is 2.45 bits per heavy atom. The lowest BCUT2D eigenvalue weighted by molar-refractivity contribution is -0.122. The third kappa shape index (κ3) is 6.56. The van der Waals surface area contributed by atoms with Gasteiger partial charge in [-0.05, 0) is 67.1 Å². The number of carbonyl (C=O) groups is 3. The normalized spacial score (nSPS) is 14.6. The number of nitrogens with one attached hydrogen (secondary N) is 1. The van der Waals surface area contributed by atoms with Gasteiger partial charge < -0.3 is 9.47 Å². The number of amides is 4. The Morgan fingerprint density at radius 1 is 0.974 bits per heavy atom. The Kier molecular flexibility index (Phi) is 9.09. The molecule has 1 fully saturated rings. The Balaban J connectivity index is 1.60. The van der Waals surface area contributed by atoms with Crippen molar-refractivity contribution in [3.8, 4) is 11.5 Å². The van der Waals surface area contributed by atoms with E-state index in [0.29, 0.717) is 49.4 Å². The van der Waals surface area contributed by atoms with Gasteiger partial charge in [-0.2, -0.15) is 0 Å². The molecule has 0 saturated carbocycles. The van der Waals surface area contributed by atoms with Crippen molar-refractivity contribution in [2.45, 2.75) is 26.4 Å². The molecule has 1 saturated heterocycles. The number of hydrogen-bond acceptors (Lipinski definition) is 5. The van der Waals surface area contributed by atoms with Crippen LogP contribution in [0.1, 0.15) is 30.9 Å². The van der Waals surface area contributed by atoms with Crippen molar-refractivity contribution in [1.29, 1.82) is 0 Å². The Labute approximate surface area is 238 Å². The number of imide groups is 2. The molecule has 0 atom stereocenters. The standard InChI is InChI=1S/C28H23BrCl2N2O5/c1-2-3-12-37-22-9-7-21(8-10-22)33-27(35)23(26(34)32-28(33)36)14-18-13-19(29)5-11-25(18)38-16-17-4-6-20(30)15-24(17)31/h4-11,13-15H,2-3,12,16H2,1H3,(H,32,34,36)/b23-14-. The van der Waals surface area contributed by atoms with Crippen molar-refractivity contribution in [2.24, 2.45) is 0 Å². The lowest BCUT2D eigenvalue weighted by Crippen LogP contribution is -2.54. The van der Waals surface area contributed by atoms with Crippen LogP contribution < -0.4 is 19.7 Å². The molecule has 3 aromatic carbocycles. The van der Waals surface area contributed by atoms with Crippen LogP contribution in [0.5, 0.6) is 11.5 Å². The topological polar surface area (TPSA) is 84.9 Å². The first-order valence-electron chi connectivity index (χ1n) is 11.8. The van der Waals surface area contributed by atoms with Gasteiger partial charge in [0.2, 0.25) is 0 Å². The molecule has 7 nitrogen and oxygen atoms in total. The first-order valence-corrected chi connectivity index (χ1v) is 13.3. The van der Waals surface area contributed by atoms with Gasteiger partial charge in [0.25, 0.3) is 11.8 Å². The number of benzene rings is 3. The highest BCUT2D eigenvalue weighted by Crippen LogP contribution is 2.30. The van der Waals surface area contributed by atoms with Crippen molar-refractivity contribution in [2.75, 3.05) is 11.5 Å². The Morgan fingerprint density at radius 2 is 1.74 bits per heavy atom. The summed E-state index contributed by atoms with van der Waals surface area (Å²) < 4.78 is 12.3. The molecule has 0 radical (unpaired) electrons. The third-order valence-corrected chi connectivity index (χ3v) is 6.71. The fraction of sp³-hybridized carbons (Fsp3) is 0.179. The number of anilines is 1. The summed E-state index contributed by atoms with van der Waals surface area (Å²) in [5, 5.41) is 3.19. The molecule has 4 rings (SSSR count). The predicted octanol–water partition coefficient (Wildman–Crippen LogP) is 7.18. The lowest BCUT2D eigenvalue weighted by Gasteiger charge is -2.26. The molecule has 1 heterocycles. The van der Waals surface area contributed by atoms with Crippen molar-refractivity contribution in [3.05, 3.63) is 91.9 Å². The quantitative estimate of drug-likeness (QED) is 0.156. The molecular weight excluding hydrogens is 595 g/mol. The maximum atomic E-state index is 13.4. The van der Waals surface area contributed by atoms with Crippen LogP contribution in [0.3, 0.4) is 0 Å². The molecule has 1 aliphatic rings. The lowest BCUT2D eigenvalue weighted by atomic mass is 10.1. The number of ether oxygens (including phenoxy) is 2. The van der Waals surface area contributed by atoms with Gasteiger partial charge in [0.05, 0.1) is 12.3 Å². The molecule has 0 spiro atoms. The average molecular weight is 618 g/mol. The molecule has 10 heteroatoms. The fourth-order valence-corrected chi connectivity index (χ4v) is 4.47. The first kappa shape index (κ1) is 27.7. The molecule has 1 aliphatic heterocycles. The summed E-state index contributed by atoms with van der Waals surface area (Å²) in [7, 11) is 0. The van der Waals surface area contributed by atoms with Gasteiger partial charge in [0.15, 0.2) is 0 Å². The summed E-state index contributed by atoms with van der Waals surface area (Å²) >= 11 is 15.6. The summed E-state index contributed by atoms with van der Waals surface area (Å²) in [6.45, 7) is 2.77. The minimum atomic E-state index is -0.833. The van der Waals surface area contributed by atoms with Crippen LogP contribution in [0.15, 0.2) is 70.7 Å². The summed E-state index contributed by atoms with van der Waals surface area (Å²) in [5.74, 6) is -0.535. The molecule has 3 aromatic rings. The molecule has 0 unspecified atom stereocenters. The largest absolute Gasteiger partial charge is 0.494 e. The van der Waals surface area contributed by atoms with E-state index in [9.17, 15) is 14.4 Å². The maximum absolute atomic E-state index is 13.4. The third-order valence-electron chi connectivity index (χ3n) is 5.63. The molecule has 0 aliphatic carbocycles. The van der Waals surface area contributed by atoms with E-state index in [2.05, 4.69) is 28.2 Å². The van der Waals surface area contributed by atoms with E-state index in [-0.39, 0.29) is 12.2 Å². The van der Waals surface area contributed by atoms with E-state index in [1.165, 1.54) is 6.08 Å². The van der Waals surface area contributed by atoms with E-state index in [1.807, 2.05) is 0 Å². The molecule has 196 valence electrons. The van der Waals surface area contributed by atoms with Gasteiger partial charge in [-0.1, -0.05) is 58.5 Å². The van der Waals surface area contributed by atoms with E-state index < -0.39 is 17.8 Å². The molecular formula is C28H23BrCl2N2O5. The number of carbonyl (C=O) groups excluding carboxylic acids is 3. The van der Waals surface area contributed by atoms with Gasteiger partial charge in [0.1, 0.15) is 23.7 Å². The van der Waals surface area contributed by atoms with Crippen molar-refractivity contribution < 1.29 is 23.9 Å². The van der Waals surface area contributed by atoms with Gasteiger partial charge in [-0.15, -0.1) is 0 Å². The van der Waals surface area contributed by atoms with E-state index >= 15 is 0 Å². The minimum Gasteiger partial charge on any atom is -0.494 e. The Hall–Kier alpha value is -3.33. The molecule has 0 bridgehead atoms. The van der Waals surface area contributed by atoms with Crippen molar-refractivity contribution >= 4 is 68.7 Å². The number of nitrogens with zero attached hydrogens (tertiary/aromatic N) is 1. The summed E-state index contributed by atoms with van der Waals surface area (Å²) in [4.78, 5) is 39.6. The minimum absolute atomic E-state index is 0.130. The second-order valence-corrected chi connectivity index (χ2v) is 10.1. The first-order chi connectivity index (χ1) is 18.3. The van der Waals surface area contributed by atoms with Gasteiger partial charge in [0, 0.05) is 25.6 Å². The van der Waals surface area contributed by atoms with Gasteiger partial charge in [-0.25, -0.2) is 9.69 Å². The highest BCUT2D eigenvalue weighted by atomic mass is 79.9. The van der Waals surface area contributed by atoms with Crippen LogP contribution >= 0.6 is 39.1 Å². The van der Waals surface area contributed by atoms with Gasteiger partial charge in [-0.3, -0.25) is 14.9 Å². The predicted molar refractivity (Wildman–Crippen MR) is 151 cm³/mol. The molecule has 38 heavy (non-hydrogen) atoms. The number of unbranched alkanes of at least 4 members (excludes halogenated alkanes) is 1. The zero-order valence-corrected chi connectivity index (χ0v) is 23.4. The zero-order valence-electron chi connectivity index (χ0n) is 20.3. The fourth-order valence-electron chi connectivity index (χ4n) is 3.63. The number of barbiturate groups is 1. The van der Waals surface area contributed by atoms with Crippen molar-refractivity contribution in [1.82, 2.24) is 5.32 Å². The summed E-state index contributed by atoms with van der Waals surface area (Å²) in [6, 6.07) is 15.9. The van der Waals surface area contributed by atoms with Crippen molar-refractivity contribution in [3.63, 3.8) is 0 Å². The average Bonchev–Trinajstić information content (AvgIpc) is 2.88. The summed E-state index contributed by atoms with van der Waals surface area (Å²) in [5.41, 5.74) is 1.25. The summed E-state index contributed by atoms with van der Waals surface area (Å²) in [6.07, 6.45) is 3.31. The van der Waals surface area contributed by atoms with Gasteiger partial charge >= 0.3 is 6.03 Å². The maximum Gasteiger partial charge on any atom is 0.335 e. The number of urea groups is 1. The highest BCUT2D eigenvalue weighted by Gasteiger charge is 2.37. The second-order valence-electron chi connectivity index (χ2n) is 8.36. The zero-order chi connectivity index (χ0) is 27.2. The van der Waals surface area contributed by atoms with E-state index in [4.69, 9.17) is 32.7 Å². The monoisotopic (exact) mass is 616 g/mol. The van der Waals surface area contributed by atoms with Crippen LogP contribution in [0, 0.1) is 0 Å². The molecule has 0 aromatic heterocycles. The molecule has 1 N–H and O–H groups in total. The SMILES string of the molecule is CCCCOc1ccc(N2C(=O)NC(=O)/C(=C/c3cc(Br)ccc3OCc3ccc(Cl)cc3Cl)C2=O)cc1. The van der Waals surface area contributed by atoms with Crippen LogP contribution in [0.25, 0.3) is 6.08 Å². The van der Waals surface area contributed by atoms with E-state index in [0.717, 1.165) is 17.7 Å². The smallest absolute Gasteiger partial charge is 0.335 e. The number of rotatable bonds is 9. The van der Waals surface area contributed by atoms with Crippen LogP contribution in [-0.4, -0.2) is 24.5 Å². The Bertz CT molecular complexity index is 1410. The number of halogens is 3. The van der Waals surface area contributed by atoms with Crippen LogP contribution in [-0.2, 0) is 16.2 Å². The highest BCUT2D eigenvalue weighted by molar-refractivity contribution is 9.10. The molecule has 4 amide bonds. The van der Waals surface area contributed by atoms with Crippen LogP contribution in [0.4, 0.5) is 10.5 Å². The second kappa shape index (κ2) is 12.5. The van der Waals surface area contributed by atoms with E-state index in [1.54, 1.807) is 60.7 Å². The number of hydrogen-bond donors (Lipinski definition) is 1.